The summed E-state index contributed by atoms with van der Waals surface area (Å²) >= 11 is 0. The minimum Gasteiger partial charge on any atom is -0.481 e. The average Bonchev–Trinajstić information content (AvgIpc) is 2.69. The van der Waals surface area contributed by atoms with Crippen LogP contribution in [-0.2, 0) is 14.4 Å². The monoisotopic (exact) mass is 459 g/mol. The fraction of sp³-hybridized carbons (Fsp3) is 0.471. The minimum atomic E-state index is -1.51. The normalized spacial score (nSPS) is 12.3. The van der Waals surface area contributed by atoms with Crippen LogP contribution in [0.3, 0.4) is 0 Å². The number of halogens is 1. The van der Waals surface area contributed by atoms with Crippen LogP contribution in [0.25, 0.3) is 0 Å². The maximum atomic E-state index is 13.2. The molecule has 0 aliphatic rings. The van der Waals surface area contributed by atoms with Gasteiger partial charge in [0.15, 0.2) is 0 Å². The van der Waals surface area contributed by atoms with Crippen molar-refractivity contribution in [1.82, 2.24) is 15.6 Å². The molecule has 1 rings (SSSR count). The van der Waals surface area contributed by atoms with E-state index in [0.717, 1.165) is 12.1 Å². The predicted molar refractivity (Wildman–Crippen MR) is 105 cm³/mol. The van der Waals surface area contributed by atoms with E-state index in [1.54, 1.807) is 0 Å². The zero-order chi connectivity index (χ0) is 24.3. The number of aromatic nitrogens is 1. The molecule has 0 saturated heterocycles. The van der Waals surface area contributed by atoms with Crippen LogP contribution in [0.5, 0.6) is 0 Å². The van der Waals surface area contributed by atoms with Gasteiger partial charge in [0.25, 0.3) is 0 Å². The van der Waals surface area contributed by atoms with E-state index < -0.39 is 59.0 Å². The zero-order valence-corrected chi connectivity index (χ0v) is 16.6. The first kappa shape index (κ1) is 26.0. The van der Waals surface area contributed by atoms with E-state index in [1.165, 1.54) is 0 Å². The summed E-state index contributed by atoms with van der Waals surface area (Å²) in [6.07, 6.45) is -0.434. The summed E-state index contributed by atoms with van der Waals surface area (Å²) in [5.41, 5.74) is -0.427. The molecule has 176 valence electrons. The molecule has 2 atom stereocenters. The molecule has 0 bridgehead atoms. The molecule has 1 aromatic heterocycles. The Bertz CT molecular complexity index is 867. The van der Waals surface area contributed by atoms with Crippen LogP contribution in [0.1, 0.15) is 32.1 Å². The molecule has 0 unspecified atom stereocenters. The number of carboxylic acids is 3. The van der Waals surface area contributed by atoms with Crippen LogP contribution in [0.15, 0.2) is 12.1 Å². The lowest BCUT2D eigenvalue weighted by Gasteiger charge is -2.18. The van der Waals surface area contributed by atoms with Crippen molar-refractivity contribution in [2.75, 3.05) is 11.9 Å². The van der Waals surface area contributed by atoms with Gasteiger partial charge in [0.2, 0.25) is 11.8 Å². The molecule has 0 saturated carbocycles. The van der Waals surface area contributed by atoms with Gasteiger partial charge in [0.1, 0.15) is 12.1 Å². The zero-order valence-electron chi connectivity index (χ0n) is 16.6. The number of hydrogen-bond donors (Lipinski definition) is 6. The van der Waals surface area contributed by atoms with Crippen LogP contribution in [0.2, 0.25) is 0 Å². The molecule has 14 nitrogen and oxygen atoms in total. The summed E-state index contributed by atoms with van der Waals surface area (Å²) in [5.74, 6) is -5.30. The van der Waals surface area contributed by atoms with Crippen LogP contribution in [0, 0.1) is 16.1 Å². The summed E-state index contributed by atoms with van der Waals surface area (Å²) < 4.78 is 13.2. The van der Waals surface area contributed by atoms with Crippen molar-refractivity contribution < 1.29 is 43.8 Å². The highest BCUT2D eigenvalue weighted by molar-refractivity contribution is 5.86. The van der Waals surface area contributed by atoms with E-state index in [0.29, 0.717) is 6.42 Å². The number of unbranched alkanes of at least 4 members (excludes halogenated alkanes) is 1. The molecule has 6 N–H and O–H groups in total. The predicted octanol–water partition coefficient (Wildman–Crippen LogP) is 0.781. The van der Waals surface area contributed by atoms with E-state index >= 15 is 0 Å². The quantitative estimate of drug-likeness (QED) is 0.0987. The third-order valence-electron chi connectivity index (χ3n) is 4.10. The molecular weight excluding hydrogens is 437 g/mol. The second kappa shape index (κ2) is 12.6. The lowest BCUT2D eigenvalue weighted by molar-refractivity contribution is -0.384. The van der Waals surface area contributed by atoms with Crippen LogP contribution in [0.4, 0.5) is 20.7 Å². The molecule has 32 heavy (non-hydrogen) atoms. The summed E-state index contributed by atoms with van der Waals surface area (Å²) in [7, 11) is 0. The number of rotatable bonds is 14. The van der Waals surface area contributed by atoms with Gasteiger partial charge in [-0.05, 0) is 25.7 Å². The highest BCUT2D eigenvalue weighted by atomic mass is 19.1. The van der Waals surface area contributed by atoms with Crippen molar-refractivity contribution in [3.05, 3.63) is 28.2 Å². The van der Waals surface area contributed by atoms with Crippen LogP contribution in [-0.4, -0.2) is 67.8 Å². The average molecular weight is 459 g/mol. The number of pyridine rings is 1. The topological polar surface area (TPSA) is 221 Å². The Morgan fingerprint density at radius 2 is 1.62 bits per heavy atom. The summed E-state index contributed by atoms with van der Waals surface area (Å²) in [5, 5.41) is 44.4. The van der Waals surface area contributed by atoms with Crippen molar-refractivity contribution in [2.45, 2.75) is 44.2 Å². The number of carbonyl (C=O) groups is 4. The fourth-order valence-corrected chi connectivity index (χ4v) is 2.53. The van der Waals surface area contributed by atoms with Gasteiger partial charge in [-0.2, -0.15) is 9.37 Å². The Morgan fingerprint density at radius 3 is 2.16 bits per heavy atom. The lowest BCUT2D eigenvalue weighted by Crippen LogP contribution is -2.51. The van der Waals surface area contributed by atoms with Crippen LogP contribution < -0.4 is 16.0 Å². The SMILES string of the molecule is O=C(O)CC[C@H](NC(=O)N[C@@H](CCCCNc1nc(F)ccc1[N+](=O)[O-])C(=O)O)C(=O)O. The molecule has 0 aliphatic heterocycles. The van der Waals surface area contributed by atoms with Gasteiger partial charge in [-0.15, -0.1) is 0 Å². The lowest BCUT2D eigenvalue weighted by atomic mass is 10.1. The number of nitro groups is 1. The van der Waals surface area contributed by atoms with Crippen molar-refractivity contribution in [3.63, 3.8) is 0 Å². The summed E-state index contributed by atoms with van der Waals surface area (Å²) in [6.45, 7) is 0.103. The number of urea groups is 1. The molecule has 2 amide bonds. The maximum Gasteiger partial charge on any atom is 0.326 e. The van der Waals surface area contributed by atoms with Gasteiger partial charge in [-0.3, -0.25) is 14.9 Å². The molecule has 0 aliphatic carbocycles. The second-order valence-corrected chi connectivity index (χ2v) is 6.51. The first-order valence-corrected chi connectivity index (χ1v) is 9.30. The number of aliphatic carboxylic acids is 3. The molecule has 1 heterocycles. The number of amides is 2. The smallest absolute Gasteiger partial charge is 0.326 e. The number of nitrogens with zero attached hydrogens (tertiary/aromatic N) is 2. The van der Waals surface area contributed by atoms with Gasteiger partial charge in [0, 0.05) is 25.1 Å². The van der Waals surface area contributed by atoms with E-state index in [4.69, 9.17) is 10.2 Å². The van der Waals surface area contributed by atoms with Gasteiger partial charge in [-0.25, -0.2) is 14.4 Å². The second-order valence-electron chi connectivity index (χ2n) is 6.51. The highest BCUT2D eigenvalue weighted by Crippen LogP contribution is 2.21. The molecular formula is C17H22FN5O9. The summed E-state index contributed by atoms with van der Waals surface area (Å²) in [4.78, 5) is 58.4. The van der Waals surface area contributed by atoms with Crippen molar-refractivity contribution in [2.24, 2.45) is 0 Å². The Labute approximate surface area is 180 Å². The number of carboxylic acid groups (broad SMARTS) is 3. The van der Waals surface area contributed by atoms with E-state index in [-0.39, 0.29) is 31.6 Å². The summed E-state index contributed by atoms with van der Waals surface area (Å²) in [6, 6.07) is -2.18. The first-order chi connectivity index (χ1) is 15.0. The van der Waals surface area contributed by atoms with Gasteiger partial charge in [0.05, 0.1) is 4.92 Å². The molecule has 1 aromatic rings. The third-order valence-corrected chi connectivity index (χ3v) is 4.10. The Kier molecular flexibility index (Phi) is 10.2. The molecule has 0 spiro atoms. The van der Waals surface area contributed by atoms with E-state index in [9.17, 15) is 38.8 Å². The van der Waals surface area contributed by atoms with Crippen molar-refractivity contribution >= 4 is 35.4 Å². The largest absolute Gasteiger partial charge is 0.481 e. The molecule has 0 aromatic carbocycles. The standard InChI is InChI=1S/C17H22FN5O9/c18-12-6-5-11(23(31)32)14(22-12)19-8-2-1-3-9(15(26)27)20-17(30)21-10(16(28)29)4-7-13(24)25/h5-6,9-10H,1-4,7-8H2,(H,19,22)(H,24,25)(H,26,27)(H,28,29)(H2,20,21,30)/t9-,10-/m0/s1. The highest BCUT2D eigenvalue weighted by Gasteiger charge is 2.24. The number of anilines is 1. The Balaban J connectivity index is 2.52. The van der Waals surface area contributed by atoms with E-state index in [1.807, 2.05) is 5.32 Å². The van der Waals surface area contributed by atoms with Gasteiger partial charge < -0.3 is 31.3 Å². The fourth-order valence-electron chi connectivity index (χ4n) is 2.53. The molecule has 0 fully saturated rings. The molecule has 0 radical (unpaired) electrons. The third kappa shape index (κ3) is 9.19. The Morgan fingerprint density at radius 1 is 1.03 bits per heavy atom. The number of hydrogen-bond acceptors (Lipinski definition) is 8. The van der Waals surface area contributed by atoms with Crippen molar-refractivity contribution in [1.29, 1.82) is 0 Å². The van der Waals surface area contributed by atoms with Gasteiger partial charge >= 0.3 is 29.6 Å². The van der Waals surface area contributed by atoms with Crippen LogP contribution >= 0.6 is 0 Å². The molecule has 15 heteroatoms. The van der Waals surface area contributed by atoms with Gasteiger partial charge in [-0.1, -0.05) is 0 Å². The number of nitrogens with one attached hydrogen (secondary N) is 3. The Hall–Kier alpha value is -4.04. The maximum absolute atomic E-state index is 13.2. The van der Waals surface area contributed by atoms with E-state index in [2.05, 4.69) is 15.6 Å². The number of carbonyl (C=O) groups excluding carboxylic acids is 1. The minimum absolute atomic E-state index is 0.0596. The first-order valence-electron chi connectivity index (χ1n) is 9.30. The van der Waals surface area contributed by atoms with Crippen molar-refractivity contribution in [3.8, 4) is 0 Å².